The maximum atomic E-state index is 14.5. The van der Waals surface area contributed by atoms with Crippen molar-refractivity contribution in [2.24, 2.45) is 28.8 Å². The van der Waals surface area contributed by atoms with Gasteiger partial charge < -0.3 is 34.6 Å². The zero-order valence-corrected chi connectivity index (χ0v) is 46.0. The molecule has 2 aliphatic rings. The Morgan fingerprint density at radius 1 is 0.836 bits per heavy atom. The average molecular weight is 1020 g/mol. The van der Waals surface area contributed by atoms with Crippen LogP contribution in [0.3, 0.4) is 0 Å². The van der Waals surface area contributed by atoms with Gasteiger partial charge in [0.15, 0.2) is 0 Å². The molecule has 0 aliphatic carbocycles. The molecule has 1 aromatic rings. The van der Waals surface area contributed by atoms with E-state index in [0.29, 0.717) is 56.3 Å². The lowest BCUT2D eigenvalue weighted by molar-refractivity contribution is -0.151. The molecule has 7 amide bonds. The largest absolute Gasteiger partial charge is 0.455 e. The van der Waals surface area contributed by atoms with E-state index >= 15 is 0 Å². The van der Waals surface area contributed by atoms with E-state index in [-0.39, 0.29) is 84.9 Å². The van der Waals surface area contributed by atoms with Crippen molar-refractivity contribution in [3.8, 4) is 0 Å². The van der Waals surface area contributed by atoms with Crippen molar-refractivity contribution < 1.29 is 52.6 Å². The molecule has 2 heterocycles. The number of esters is 1. The van der Waals surface area contributed by atoms with Crippen LogP contribution in [0.1, 0.15) is 132 Å². The number of likely N-dealkylation sites (N-methyl/N-ethyl adjacent to an activating group) is 2. The molecule has 19 nitrogen and oxygen atoms in total. The Morgan fingerprint density at radius 3 is 2.04 bits per heavy atom. The van der Waals surface area contributed by atoms with Crippen molar-refractivity contribution in [2.45, 2.75) is 169 Å². The van der Waals surface area contributed by atoms with E-state index in [1.165, 1.54) is 26.4 Å². The fraction of sp³-hybridized carbons (Fsp3) is 0.685. The highest BCUT2D eigenvalue weighted by Gasteiger charge is 2.43. The third-order valence-electron chi connectivity index (χ3n) is 14.1. The number of carbonyl (C=O) groups excluding carboxylic acids is 8. The molecule has 0 saturated carbocycles. The standard InChI is InChI=1S/C54H86N8O11/c1-15-35(6)49(60(12)54(70)47(33(2)3)56-53(69)48(34(4)5)59(10)11)41(71-13)32-45(66)61-30-22-25-40(61)50(72-14)37(8)52(68)55-38(9)51(39-23-18-16-19-24-39)73-46(67)31-36(7)57-58-42(63)26-20-17-21-29-62-43(64)27-28-44(62)65/h16,18-19,23-24,27-28,33-35,37-38,40-41,47-51H,15,17,20-22,25-26,29-32H2,1-14H3,(H,55,68)(H,56,69)(H,58,63)/b57-36+/t35-,37+,38+,40-,41+,47-,48-,49-,50+,51+/m0/s1. The molecule has 3 N–H and O–H groups in total. The average Bonchev–Trinajstić information content (AvgIpc) is 3.96. The molecule has 0 spiro atoms. The topological polar surface area (TPSA) is 226 Å². The van der Waals surface area contributed by atoms with E-state index in [0.717, 1.165) is 4.90 Å². The van der Waals surface area contributed by atoms with Gasteiger partial charge in [-0.3, -0.25) is 48.2 Å². The summed E-state index contributed by atoms with van der Waals surface area (Å²) in [4.78, 5) is 112. The fourth-order valence-corrected chi connectivity index (χ4v) is 9.97. The molecule has 1 saturated heterocycles. The molecule has 0 radical (unpaired) electrons. The zero-order valence-electron chi connectivity index (χ0n) is 46.0. The van der Waals surface area contributed by atoms with Gasteiger partial charge in [0, 0.05) is 58.6 Å². The van der Waals surface area contributed by atoms with Crippen LogP contribution in [0, 0.1) is 23.7 Å². The van der Waals surface area contributed by atoms with Crippen molar-refractivity contribution in [3.63, 3.8) is 0 Å². The number of likely N-dealkylation sites (tertiary alicyclic amines) is 1. The number of carbonyl (C=O) groups is 8. The Hall–Kier alpha value is -5.53. The van der Waals surface area contributed by atoms with E-state index in [4.69, 9.17) is 14.2 Å². The summed E-state index contributed by atoms with van der Waals surface area (Å²) in [6.45, 7) is 17.6. The van der Waals surface area contributed by atoms with Crippen molar-refractivity contribution in [1.82, 2.24) is 35.7 Å². The molecule has 0 bridgehead atoms. The van der Waals surface area contributed by atoms with E-state index in [1.807, 2.05) is 66.6 Å². The normalized spacial score (nSPS) is 18.8. The number of rotatable bonds is 30. The zero-order chi connectivity index (χ0) is 54.7. The summed E-state index contributed by atoms with van der Waals surface area (Å²) in [5.74, 6) is -3.71. The van der Waals surface area contributed by atoms with Crippen LogP contribution < -0.4 is 16.1 Å². The van der Waals surface area contributed by atoms with Gasteiger partial charge in [0.1, 0.15) is 12.1 Å². The van der Waals surface area contributed by atoms with Gasteiger partial charge >= 0.3 is 5.97 Å². The number of hydrazone groups is 1. The lowest BCUT2D eigenvalue weighted by atomic mass is 9.89. The molecule has 73 heavy (non-hydrogen) atoms. The van der Waals surface area contributed by atoms with Crippen LogP contribution in [0.5, 0.6) is 0 Å². The lowest BCUT2D eigenvalue weighted by Crippen LogP contribution is -2.59. The predicted octanol–water partition coefficient (Wildman–Crippen LogP) is 4.79. The van der Waals surface area contributed by atoms with Gasteiger partial charge in [-0.2, -0.15) is 5.10 Å². The summed E-state index contributed by atoms with van der Waals surface area (Å²) in [7, 11) is 8.46. The quantitative estimate of drug-likeness (QED) is 0.0311. The van der Waals surface area contributed by atoms with Gasteiger partial charge in [0.2, 0.25) is 29.5 Å². The SMILES string of the molecule is CC[C@H](C)[C@@H]([C@@H](CC(=O)N1CCC[C@H]1[C@H](OC)[C@@H](C)C(=O)N[C@H](C)[C@@H](OC(=O)C/C(C)=N/NC(=O)CCCCCN1C(=O)C=CC1=O)c1ccccc1)OC)N(C)C(=O)[C@@H](NC(=O)[C@H](C(C)C)N(C)C)C(C)C. The molecule has 2 aliphatic heterocycles. The molecular formula is C54H86N8O11. The maximum Gasteiger partial charge on any atom is 0.312 e. The number of ether oxygens (including phenoxy) is 3. The lowest BCUT2D eigenvalue weighted by Gasteiger charge is -2.41. The fourth-order valence-electron chi connectivity index (χ4n) is 9.97. The van der Waals surface area contributed by atoms with E-state index in [1.54, 1.807) is 61.9 Å². The Bertz CT molecular complexity index is 2050. The van der Waals surface area contributed by atoms with E-state index in [9.17, 15) is 38.4 Å². The number of unbranched alkanes of at least 4 members (excludes halogenated alkanes) is 2. The minimum absolute atomic E-state index is 0.0145. The molecule has 408 valence electrons. The van der Waals surface area contributed by atoms with Crippen LogP contribution in [0.15, 0.2) is 47.6 Å². The predicted molar refractivity (Wildman–Crippen MR) is 278 cm³/mol. The monoisotopic (exact) mass is 1020 g/mol. The van der Waals surface area contributed by atoms with Crippen LogP contribution >= 0.6 is 0 Å². The molecule has 3 rings (SSSR count). The van der Waals surface area contributed by atoms with Crippen molar-refractivity contribution in [1.29, 1.82) is 0 Å². The van der Waals surface area contributed by atoms with Crippen LogP contribution in [-0.2, 0) is 52.6 Å². The number of methoxy groups -OCH3 is 2. The maximum absolute atomic E-state index is 14.5. The first-order chi connectivity index (χ1) is 34.5. The van der Waals surface area contributed by atoms with Crippen molar-refractivity contribution in [3.05, 3.63) is 48.0 Å². The summed E-state index contributed by atoms with van der Waals surface area (Å²) >= 11 is 0. The molecule has 0 aromatic heterocycles. The minimum atomic E-state index is -0.892. The Kier molecular flexibility index (Phi) is 25.4. The Balaban J connectivity index is 1.68. The highest BCUT2D eigenvalue weighted by Crippen LogP contribution is 2.31. The van der Waals surface area contributed by atoms with Crippen molar-refractivity contribution in [2.75, 3.05) is 48.5 Å². The van der Waals surface area contributed by atoms with Crippen molar-refractivity contribution >= 4 is 53.0 Å². The molecule has 1 aromatic carbocycles. The third kappa shape index (κ3) is 17.8. The molecule has 0 unspecified atom stereocenters. The first-order valence-corrected chi connectivity index (χ1v) is 26.0. The van der Waals surface area contributed by atoms with E-state index in [2.05, 4.69) is 21.2 Å². The smallest absolute Gasteiger partial charge is 0.312 e. The van der Waals surface area contributed by atoms with Gasteiger partial charge in [-0.15, -0.1) is 0 Å². The molecule has 19 heteroatoms. The highest BCUT2D eigenvalue weighted by molar-refractivity contribution is 6.12. The number of imide groups is 1. The molecular weight excluding hydrogens is 937 g/mol. The summed E-state index contributed by atoms with van der Waals surface area (Å²) in [6, 6.07) is 6.14. The number of hydrogen-bond acceptors (Lipinski definition) is 13. The number of hydrogen-bond donors (Lipinski definition) is 3. The Morgan fingerprint density at radius 2 is 1.48 bits per heavy atom. The van der Waals surface area contributed by atoms with Gasteiger partial charge in [-0.05, 0) is 76.9 Å². The summed E-state index contributed by atoms with van der Waals surface area (Å²) in [6.07, 6.45) is 3.80. The van der Waals surface area contributed by atoms with Gasteiger partial charge in [0.05, 0.1) is 55.1 Å². The second-order valence-electron chi connectivity index (χ2n) is 20.6. The Labute approximate surface area is 433 Å². The van der Waals surface area contributed by atoms with Crippen LogP contribution in [0.4, 0.5) is 0 Å². The van der Waals surface area contributed by atoms with Gasteiger partial charge in [0.25, 0.3) is 11.8 Å². The second kappa shape index (κ2) is 30.0. The van der Waals surface area contributed by atoms with Gasteiger partial charge in [-0.25, -0.2) is 5.43 Å². The first-order valence-electron chi connectivity index (χ1n) is 26.0. The highest BCUT2D eigenvalue weighted by atomic mass is 16.5. The van der Waals surface area contributed by atoms with Crippen LogP contribution in [0.2, 0.25) is 0 Å². The van der Waals surface area contributed by atoms with Gasteiger partial charge in [-0.1, -0.05) is 91.6 Å². The number of nitrogens with zero attached hydrogens (tertiary/aromatic N) is 5. The number of amides is 7. The first kappa shape index (κ1) is 61.8. The summed E-state index contributed by atoms with van der Waals surface area (Å²) in [5, 5.41) is 10.2. The summed E-state index contributed by atoms with van der Waals surface area (Å²) in [5.41, 5.74) is 3.42. The molecule has 1 fully saturated rings. The molecule has 10 atom stereocenters. The van der Waals surface area contributed by atoms with Crippen LogP contribution in [-0.4, -0.2) is 164 Å². The minimum Gasteiger partial charge on any atom is -0.455 e. The third-order valence-corrected chi connectivity index (χ3v) is 14.1. The number of benzene rings is 1. The van der Waals surface area contributed by atoms with Crippen LogP contribution in [0.25, 0.3) is 0 Å². The van der Waals surface area contributed by atoms with E-state index < -0.39 is 60.4 Å². The second-order valence-corrected chi connectivity index (χ2v) is 20.6. The number of nitrogens with one attached hydrogen (secondary N) is 3. The summed E-state index contributed by atoms with van der Waals surface area (Å²) < 4.78 is 18.1.